The van der Waals surface area contributed by atoms with Crippen LogP contribution in [0.1, 0.15) is 25.6 Å². The number of aromatic nitrogens is 2. The summed E-state index contributed by atoms with van der Waals surface area (Å²) in [4.78, 5) is 18.2. The van der Waals surface area contributed by atoms with Crippen LogP contribution in [0.15, 0.2) is 4.52 Å². The SMILES string of the molecule is CCc1noc(CN(CC)C(=O)C2CNCCO2)n1. The van der Waals surface area contributed by atoms with Gasteiger partial charge in [-0.05, 0) is 6.92 Å². The predicted octanol–water partition coefficient (Wildman–Crippen LogP) is -0.0311. The highest BCUT2D eigenvalue weighted by atomic mass is 16.5. The van der Waals surface area contributed by atoms with Gasteiger partial charge in [-0.2, -0.15) is 4.98 Å². The molecule has 7 heteroatoms. The van der Waals surface area contributed by atoms with Gasteiger partial charge in [-0.25, -0.2) is 0 Å². The third kappa shape index (κ3) is 3.51. The number of nitrogens with one attached hydrogen (secondary N) is 1. The number of carbonyl (C=O) groups is 1. The van der Waals surface area contributed by atoms with Crippen molar-refractivity contribution in [3.63, 3.8) is 0 Å². The zero-order valence-corrected chi connectivity index (χ0v) is 11.4. The molecule has 1 atom stereocenters. The first kappa shape index (κ1) is 14.0. The number of hydrogen-bond acceptors (Lipinski definition) is 6. The summed E-state index contributed by atoms with van der Waals surface area (Å²) in [7, 11) is 0. The molecule has 1 aliphatic heterocycles. The first-order valence-electron chi connectivity index (χ1n) is 6.67. The second-order valence-corrected chi connectivity index (χ2v) is 4.37. The number of rotatable bonds is 5. The standard InChI is InChI=1S/C12H20N4O3/c1-3-10-14-11(19-15-10)8-16(4-2)12(17)9-7-13-5-6-18-9/h9,13H,3-8H2,1-2H3. The molecule has 7 nitrogen and oxygen atoms in total. The molecule has 0 bridgehead atoms. The van der Waals surface area contributed by atoms with Crippen LogP contribution in [0.4, 0.5) is 0 Å². The fourth-order valence-electron chi connectivity index (χ4n) is 1.93. The number of likely N-dealkylation sites (N-methyl/N-ethyl adjacent to an activating group) is 1. The number of amides is 1. The van der Waals surface area contributed by atoms with E-state index >= 15 is 0 Å². The summed E-state index contributed by atoms with van der Waals surface area (Å²) in [6.07, 6.45) is 0.307. The van der Waals surface area contributed by atoms with Crippen LogP contribution in [0.5, 0.6) is 0 Å². The third-order valence-electron chi connectivity index (χ3n) is 3.05. The zero-order chi connectivity index (χ0) is 13.7. The minimum Gasteiger partial charge on any atom is -0.366 e. The molecule has 2 heterocycles. The van der Waals surface area contributed by atoms with Crippen LogP contribution >= 0.6 is 0 Å². The van der Waals surface area contributed by atoms with Gasteiger partial charge in [0.05, 0.1) is 6.61 Å². The Labute approximate surface area is 112 Å². The average Bonchev–Trinajstić information content (AvgIpc) is 2.92. The molecule has 0 spiro atoms. The zero-order valence-electron chi connectivity index (χ0n) is 11.4. The summed E-state index contributed by atoms with van der Waals surface area (Å²) in [5.74, 6) is 1.09. The van der Waals surface area contributed by atoms with Crippen molar-refractivity contribution >= 4 is 5.91 Å². The van der Waals surface area contributed by atoms with E-state index in [-0.39, 0.29) is 5.91 Å². The Hall–Kier alpha value is -1.47. The van der Waals surface area contributed by atoms with Crippen molar-refractivity contribution in [2.75, 3.05) is 26.2 Å². The molecule has 1 saturated heterocycles. The molecule has 1 N–H and O–H groups in total. The van der Waals surface area contributed by atoms with Crippen molar-refractivity contribution in [2.24, 2.45) is 0 Å². The van der Waals surface area contributed by atoms with Gasteiger partial charge in [0.1, 0.15) is 12.6 Å². The highest BCUT2D eigenvalue weighted by molar-refractivity contribution is 5.81. The monoisotopic (exact) mass is 268 g/mol. The molecule has 1 aliphatic rings. The average molecular weight is 268 g/mol. The number of nitrogens with zero attached hydrogens (tertiary/aromatic N) is 3. The van der Waals surface area contributed by atoms with Gasteiger partial charge in [0, 0.05) is 26.1 Å². The van der Waals surface area contributed by atoms with Gasteiger partial charge in [0.2, 0.25) is 5.89 Å². The van der Waals surface area contributed by atoms with E-state index in [1.807, 2.05) is 13.8 Å². The number of aryl methyl sites for hydroxylation is 1. The van der Waals surface area contributed by atoms with E-state index in [0.717, 1.165) is 13.0 Å². The van der Waals surface area contributed by atoms with Gasteiger partial charge in [-0.3, -0.25) is 4.79 Å². The first-order chi connectivity index (χ1) is 9.24. The van der Waals surface area contributed by atoms with Crippen LogP contribution in [0.25, 0.3) is 0 Å². The lowest BCUT2D eigenvalue weighted by molar-refractivity contribution is -0.146. The van der Waals surface area contributed by atoms with Gasteiger partial charge in [-0.15, -0.1) is 0 Å². The smallest absolute Gasteiger partial charge is 0.253 e. The van der Waals surface area contributed by atoms with Crippen molar-refractivity contribution < 1.29 is 14.1 Å². The van der Waals surface area contributed by atoms with E-state index in [1.165, 1.54) is 0 Å². The molecular formula is C12H20N4O3. The topological polar surface area (TPSA) is 80.5 Å². The molecule has 106 valence electrons. The van der Waals surface area contributed by atoms with Crippen LogP contribution in [0, 0.1) is 0 Å². The largest absolute Gasteiger partial charge is 0.366 e. The fraction of sp³-hybridized carbons (Fsp3) is 0.750. The number of ether oxygens (including phenoxy) is 1. The molecule has 1 aromatic heterocycles. The minimum atomic E-state index is -0.415. The second kappa shape index (κ2) is 6.63. The van der Waals surface area contributed by atoms with Gasteiger partial charge < -0.3 is 19.5 Å². The summed E-state index contributed by atoms with van der Waals surface area (Å²) < 4.78 is 10.6. The molecule has 0 aliphatic carbocycles. The van der Waals surface area contributed by atoms with Crippen LogP contribution in [-0.2, 0) is 22.5 Å². The Morgan fingerprint density at radius 2 is 2.37 bits per heavy atom. The van der Waals surface area contributed by atoms with Crippen LogP contribution in [0.2, 0.25) is 0 Å². The number of carbonyl (C=O) groups excluding carboxylic acids is 1. The summed E-state index contributed by atoms with van der Waals surface area (Å²) in [5, 5.41) is 6.97. The lowest BCUT2D eigenvalue weighted by Gasteiger charge is -2.28. The van der Waals surface area contributed by atoms with Gasteiger partial charge >= 0.3 is 0 Å². The Morgan fingerprint density at radius 1 is 1.53 bits per heavy atom. The Morgan fingerprint density at radius 3 is 2.95 bits per heavy atom. The molecule has 0 saturated carbocycles. The summed E-state index contributed by atoms with van der Waals surface area (Å²) in [6.45, 7) is 6.71. The van der Waals surface area contributed by atoms with Crippen LogP contribution in [-0.4, -0.2) is 53.3 Å². The second-order valence-electron chi connectivity index (χ2n) is 4.37. The third-order valence-corrected chi connectivity index (χ3v) is 3.05. The normalized spacial score (nSPS) is 19.4. The van der Waals surface area contributed by atoms with Crippen molar-refractivity contribution in [3.8, 4) is 0 Å². The van der Waals surface area contributed by atoms with Gasteiger partial charge in [0.15, 0.2) is 5.82 Å². The minimum absolute atomic E-state index is 0.0362. The number of morpholine rings is 1. The summed E-state index contributed by atoms with van der Waals surface area (Å²) >= 11 is 0. The summed E-state index contributed by atoms with van der Waals surface area (Å²) in [6, 6.07) is 0. The first-order valence-corrected chi connectivity index (χ1v) is 6.67. The molecule has 1 fully saturated rings. The quantitative estimate of drug-likeness (QED) is 0.807. The van der Waals surface area contributed by atoms with E-state index in [4.69, 9.17) is 9.26 Å². The molecule has 0 aromatic carbocycles. The lowest BCUT2D eigenvalue weighted by Crippen LogP contribution is -2.49. The van der Waals surface area contributed by atoms with Gasteiger partial charge in [0.25, 0.3) is 5.91 Å². The van der Waals surface area contributed by atoms with E-state index in [1.54, 1.807) is 4.90 Å². The van der Waals surface area contributed by atoms with Crippen molar-refractivity contribution in [3.05, 3.63) is 11.7 Å². The maximum absolute atomic E-state index is 12.3. The van der Waals surface area contributed by atoms with Crippen molar-refractivity contribution in [1.82, 2.24) is 20.4 Å². The molecule has 0 radical (unpaired) electrons. The molecule has 19 heavy (non-hydrogen) atoms. The maximum atomic E-state index is 12.3. The highest BCUT2D eigenvalue weighted by Gasteiger charge is 2.27. The molecular weight excluding hydrogens is 248 g/mol. The fourth-order valence-corrected chi connectivity index (χ4v) is 1.93. The maximum Gasteiger partial charge on any atom is 0.253 e. The van der Waals surface area contributed by atoms with E-state index < -0.39 is 6.10 Å². The summed E-state index contributed by atoms with van der Waals surface area (Å²) in [5.41, 5.74) is 0. The van der Waals surface area contributed by atoms with Crippen LogP contribution in [0.3, 0.4) is 0 Å². The van der Waals surface area contributed by atoms with E-state index in [0.29, 0.717) is 38.0 Å². The highest BCUT2D eigenvalue weighted by Crippen LogP contribution is 2.08. The Kier molecular flexibility index (Phi) is 4.86. The van der Waals surface area contributed by atoms with Crippen molar-refractivity contribution in [2.45, 2.75) is 32.9 Å². The van der Waals surface area contributed by atoms with Crippen LogP contribution < -0.4 is 5.32 Å². The molecule has 2 rings (SSSR count). The lowest BCUT2D eigenvalue weighted by atomic mass is 10.2. The Bertz CT molecular complexity index is 415. The molecule has 1 amide bonds. The van der Waals surface area contributed by atoms with Gasteiger partial charge in [-0.1, -0.05) is 12.1 Å². The van der Waals surface area contributed by atoms with E-state index in [9.17, 15) is 4.79 Å². The molecule has 1 aromatic rings. The predicted molar refractivity (Wildman–Crippen MR) is 67.4 cm³/mol. The number of hydrogen-bond donors (Lipinski definition) is 1. The van der Waals surface area contributed by atoms with Crippen molar-refractivity contribution in [1.29, 1.82) is 0 Å². The molecule has 1 unspecified atom stereocenters. The van der Waals surface area contributed by atoms with E-state index in [2.05, 4.69) is 15.5 Å². The Balaban J connectivity index is 1.96.